The van der Waals surface area contributed by atoms with Gasteiger partial charge in [-0.25, -0.2) is 4.39 Å². The number of benzene rings is 1. The molecule has 0 aromatic heterocycles. The molecule has 1 nitrogen and oxygen atoms in total. The molecular formula is C11H13BrFN. The third-order valence-corrected chi connectivity index (χ3v) is 3.21. The van der Waals surface area contributed by atoms with Gasteiger partial charge < -0.3 is 5.32 Å². The second-order valence-corrected chi connectivity index (χ2v) is 4.65. The van der Waals surface area contributed by atoms with Crippen molar-refractivity contribution in [1.29, 1.82) is 0 Å². The van der Waals surface area contributed by atoms with Crippen LogP contribution in [-0.2, 0) is 0 Å². The highest BCUT2D eigenvalue weighted by Crippen LogP contribution is 2.30. The molecule has 2 rings (SSSR count). The molecule has 1 heterocycles. The predicted octanol–water partition coefficient (Wildman–Crippen LogP) is 3.32. The molecule has 0 radical (unpaired) electrons. The van der Waals surface area contributed by atoms with E-state index in [4.69, 9.17) is 0 Å². The van der Waals surface area contributed by atoms with Gasteiger partial charge in [0.1, 0.15) is 5.82 Å². The minimum Gasteiger partial charge on any atom is -0.310 e. The quantitative estimate of drug-likeness (QED) is 0.814. The van der Waals surface area contributed by atoms with Gasteiger partial charge >= 0.3 is 0 Å². The highest BCUT2D eigenvalue weighted by Gasteiger charge is 2.20. The Hall–Kier alpha value is -0.410. The summed E-state index contributed by atoms with van der Waals surface area (Å²) in [6, 6.07) is 3.95. The van der Waals surface area contributed by atoms with Crippen LogP contribution in [0.3, 0.4) is 0 Å². The molecule has 1 aromatic carbocycles. The maximum atomic E-state index is 13.7. The lowest BCUT2D eigenvalue weighted by molar-refractivity contribution is 0.553. The van der Waals surface area contributed by atoms with E-state index in [1.807, 2.05) is 19.1 Å². The molecule has 1 aromatic rings. The van der Waals surface area contributed by atoms with Crippen molar-refractivity contribution in [3.05, 3.63) is 33.5 Å². The molecule has 0 saturated carbocycles. The smallest absolute Gasteiger partial charge is 0.142 e. The van der Waals surface area contributed by atoms with Crippen LogP contribution in [0.25, 0.3) is 0 Å². The van der Waals surface area contributed by atoms with Crippen LogP contribution in [0, 0.1) is 12.7 Å². The van der Waals surface area contributed by atoms with Gasteiger partial charge in [0.2, 0.25) is 0 Å². The van der Waals surface area contributed by atoms with Crippen LogP contribution < -0.4 is 5.32 Å². The Balaban J connectivity index is 2.40. The summed E-state index contributed by atoms with van der Waals surface area (Å²) in [4.78, 5) is 0. The van der Waals surface area contributed by atoms with Gasteiger partial charge in [-0.05, 0) is 53.9 Å². The zero-order valence-electron chi connectivity index (χ0n) is 8.11. The van der Waals surface area contributed by atoms with Crippen molar-refractivity contribution in [2.45, 2.75) is 25.8 Å². The van der Waals surface area contributed by atoms with E-state index in [2.05, 4.69) is 21.2 Å². The van der Waals surface area contributed by atoms with E-state index in [9.17, 15) is 4.39 Å². The average molecular weight is 258 g/mol. The van der Waals surface area contributed by atoms with Crippen molar-refractivity contribution >= 4 is 15.9 Å². The number of nitrogens with one attached hydrogen (secondary N) is 1. The van der Waals surface area contributed by atoms with E-state index in [0.29, 0.717) is 4.47 Å². The first kappa shape index (κ1) is 10.1. The fourth-order valence-corrected chi connectivity index (χ4v) is 2.55. The lowest BCUT2D eigenvalue weighted by atomic mass is 10.0. The lowest BCUT2D eigenvalue weighted by Gasteiger charge is -2.13. The van der Waals surface area contributed by atoms with Gasteiger partial charge in [0.15, 0.2) is 0 Å². The molecule has 1 fully saturated rings. The van der Waals surface area contributed by atoms with Gasteiger partial charge in [-0.15, -0.1) is 0 Å². The van der Waals surface area contributed by atoms with Gasteiger partial charge in [-0.3, -0.25) is 0 Å². The third-order valence-electron chi connectivity index (χ3n) is 2.64. The van der Waals surface area contributed by atoms with E-state index in [0.717, 1.165) is 30.5 Å². The molecule has 1 N–H and O–H groups in total. The number of aryl methyl sites for hydroxylation is 1. The minimum absolute atomic E-state index is 0.116. The first-order chi connectivity index (χ1) is 6.68. The van der Waals surface area contributed by atoms with Gasteiger partial charge in [-0.2, -0.15) is 0 Å². The summed E-state index contributed by atoms with van der Waals surface area (Å²) < 4.78 is 14.3. The molecule has 0 amide bonds. The number of halogens is 2. The SMILES string of the molecule is Cc1cc(Br)c(F)c([C@@H]2CCCN2)c1. The lowest BCUT2D eigenvalue weighted by Crippen LogP contribution is -2.14. The highest BCUT2D eigenvalue weighted by atomic mass is 79.9. The van der Waals surface area contributed by atoms with Crippen molar-refractivity contribution < 1.29 is 4.39 Å². The summed E-state index contributed by atoms with van der Waals surface area (Å²) in [7, 11) is 0. The Morgan fingerprint density at radius 3 is 2.93 bits per heavy atom. The summed E-state index contributed by atoms with van der Waals surface area (Å²) >= 11 is 3.24. The number of hydrogen-bond acceptors (Lipinski definition) is 1. The average Bonchev–Trinajstić information content (AvgIpc) is 2.63. The van der Waals surface area contributed by atoms with Crippen LogP contribution >= 0.6 is 15.9 Å². The standard InChI is InChI=1S/C11H13BrFN/c1-7-5-8(10-3-2-4-14-10)11(13)9(12)6-7/h5-6,10,14H,2-4H2,1H3/t10-/m0/s1. The summed E-state index contributed by atoms with van der Waals surface area (Å²) in [5, 5.41) is 3.31. The fourth-order valence-electron chi connectivity index (χ4n) is 1.96. The Labute approximate surface area is 91.8 Å². The molecule has 1 aliphatic heterocycles. The first-order valence-electron chi connectivity index (χ1n) is 4.87. The van der Waals surface area contributed by atoms with Gasteiger partial charge in [0, 0.05) is 11.6 Å². The van der Waals surface area contributed by atoms with Crippen molar-refractivity contribution in [3.8, 4) is 0 Å². The zero-order valence-corrected chi connectivity index (χ0v) is 9.70. The molecule has 1 aliphatic rings. The van der Waals surface area contributed by atoms with Crippen LogP contribution in [0.5, 0.6) is 0 Å². The van der Waals surface area contributed by atoms with Crippen LogP contribution in [0.4, 0.5) is 4.39 Å². The molecule has 14 heavy (non-hydrogen) atoms. The minimum atomic E-state index is -0.116. The van der Waals surface area contributed by atoms with Crippen molar-refractivity contribution in [1.82, 2.24) is 5.32 Å². The number of hydrogen-bond donors (Lipinski definition) is 1. The third kappa shape index (κ3) is 1.84. The molecule has 1 atom stereocenters. The van der Waals surface area contributed by atoms with Crippen molar-refractivity contribution in [2.24, 2.45) is 0 Å². The van der Waals surface area contributed by atoms with Crippen LogP contribution in [0.1, 0.15) is 30.0 Å². The molecule has 1 saturated heterocycles. The molecular weight excluding hydrogens is 245 g/mol. The largest absolute Gasteiger partial charge is 0.310 e. The van der Waals surface area contributed by atoms with E-state index in [1.165, 1.54) is 0 Å². The fraction of sp³-hybridized carbons (Fsp3) is 0.455. The van der Waals surface area contributed by atoms with E-state index >= 15 is 0 Å². The topological polar surface area (TPSA) is 12.0 Å². The van der Waals surface area contributed by atoms with Crippen LogP contribution in [-0.4, -0.2) is 6.54 Å². The molecule has 0 spiro atoms. The molecule has 0 unspecified atom stereocenters. The van der Waals surface area contributed by atoms with Gasteiger partial charge in [0.05, 0.1) is 4.47 Å². The highest BCUT2D eigenvalue weighted by molar-refractivity contribution is 9.10. The Morgan fingerprint density at radius 2 is 2.29 bits per heavy atom. The molecule has 0 bridgehead atoms. The second kappa shape index (κ2) is 3.99. The van der Waals surface area contributed by atoms with Gasteiger partial charge in [0.25, 0.3) is 0 Å². The summed E-state index contributed by atoms with van der Waals surface area (Å²) in [6.07, 6.45) is 2.17. The van der Waals surface area contributed by atoms with Crippen LogP contribution in [0.2, 0.25) is 0 Å². The van der Waals surface area contributed by atoms with Gasteiger partial charge in [-0.1, -0.05) is 6.07 Å². The Bertz CT molecular complexity index is 345. The Kier molecular flexibility index (Phi) is 2.88. The maximum absolute atomic E-state index is 13.7. The molecule has 0 aliphatic carbocycles. The van der Waals surface area contributed by atoms with Crippen LogP contribution in [0.15, 0.2) is 16.6 Å². The summed E-state index contributed by atoms with van der Waals surface area (Å²) in [5.74, 6) is -0.116. The monoisotopic (exact) mass is 257 g/mol. The maximum Gasteiger partial charge on any atom is 0.142 e. The first-order valence-corrected chi connectivity index (χ1v) is 5.66. The van der Waals surface area contributed by atoms with Crippen molar-refractivity contribution in [2.75, 3.05) is 6.54 Å². The second-order valence-electron chi connectivity index (χ2n) is 3.80. The normalized spacial score (nSPS) is 21.5. The van der Waals surface area contributed by atoms with E-state index in [1.54, 1.807) is 0 Å². The zero-order chi connectivity index (χ0) is 10.1. The van der Waals surface area contributed by atoms with Crippen molar-refractivity contribution in [3.63, 3.8) is 0 Å². The predicted molar refractivity (Wildman–Crippen MR) is 58.8 cm³/mol. The summed E-state index contributed by atoms with van der Waals surface area (Å²) in [5.41, 5.74) is 1.90. The van der Waals surface area contributed by atoms with E-state index < -0.39 is 0 Å². The van der Waals surface area contributed by atoms with E-state index in [-0.39, 0.29) is 11.9 Å². The molecule has 76 valence electrons. The number of rotatable bonds is 1. The molecule has 3 heteroatoms. The Morgan fingerprint density at radius 1 is 1.50 bits per heavy atom. The summed E-state index contributed by atoms with van der Waals surface area (Å²) in [6.45, 7) is 2.98.